The maximum Gasteiger partial charge on any atom is 0.243 e. The van der Waals surface area contributed by atoms with Crippen LogP contribution in [0.5, 0.6) is 5.88 Å². The Balaban J connectivity index is 1.67. The van der Waals surface area contributed by atoms with Crippen molar-refractivity contribution in [1.82, 2.24) is 14.3 Å². The van der Waals surface area contributed by atoms with Crippen molar-refractivity contribution in [2.45, 2.75) is 24.3 Å². The summed E-state index contributed by atoms with van der Waals surface area (Å²) in [6, 6.07) is 7.74. The van der Waals surface area contributed by atoms with E-state index in [1.54, 1.807) is 24.4 Å². The number of carbonyl (C=O) groups excluding carboxylic acids is 1. The van der Waals surface area contributed by atoms with Gasteiger partial charge in [-0.1, -0.05) is 0 Å². The average molecular weight is 362 g/mol. The predicted octanol–water partition coefficient (Wildman–Crippen LogP) is 1.28. The molecule has 9 heteroatoms. The summed E-state index contributed by atoms with van der Waals surface area (Å²) in [7, 11) is -3.60. The highest BCUT2D eigenvalue weighted by molar-refractivity contribution is 7.89. The van der Waals surface area contributed by atoms with Crippen molar-refractivity contribution >= 4 is 21.6 Å². The number of ether oxygens (including phenoxy) is 1. The van der Waals surface area contributed by atoms with Gasteiger partial charge in [-0.3, -0.25) is 4.79 Å². The van der Waals surface area contributed by atoms with Gasteiger partial charge in [0.15, 0.2) is 0 Å². The second kappa shape index (κ2) is 7.16. The van der Waals surface area contributed by atoms with E-state index in [1.165, 1.54) is 29.7 Å². The van der Waals surface area contributed by atoms with Gasteiger partial charge in [-0.25, -0.2) is 18.4 Å². The van der Waals surface area contributed by atoms with E-state index >= 15 is 0 Å². The van der Waals surface area contributed by atoms with Crippen LogP contribution in [0.2, 0.25) is 0 Å². The highest BCUT2D eigenvalue weighted by atomic mass is 32.2. The number of benzene rings is 1. The molecule has 25 heavy (non-hydrogen) atoms. The van der Waals surface area contributed by atoms with E-state index in [0.717, 1.165) is 0 Å². The van der Waals surface area contributed by atoms with Gasteiger partial charge in [0.2, 0.25) is 21.8 Å². The van der Waals surface area contributed by atoms with Gasteiger partial charge in [0, 0.05) is 31.4 Å². The van der Waals surface area contributed by atoms with Crippen LogP contribution in [0.15, 0.2) is 47.8 Å². The predicted molar refractivity (Wildman–Crippen MR) is 90.6 cm³/mol. The van der Waals surface area contributed by atoms with Crippen molar-refractivity contribution in [2.24, 2.45) is 0 Å². The number of hydrogen-bond donors (Lipinski definition) is 1. The molecule has 0 saturated carbocycles. The Morgan fingerprint density at radius 1 is 1.28 bits per heavy atom. The molecule has 0 aliphatic carbocycles. The van der Waals surface area contributed by atoms with E-state index in [0.29, 0.717) is 24.5 Å². The summed E-state index contributed by atoms with van der Waals surface area (Å²) in [6.45, 7) is 2.04. The quantitative estimate of drug-likeness (QED) is 0.860. The van der Waals surface area contributed by atoms with Crippen LogP contribution < -0.4 is 10.1 Å². The molecule has 0 radical (unpaired) electrons. The summed E-state index contributed by atoms with van der Waals surface area (Å²) in [4.78, 5) is 19.0. The maximum absolute atomic E-state index is 12.7. The Morgan fingerprint density at radius 2 is 2.04 bits per heavy atom. The zero-order valence-corrected chi connectivity index (χ0v) is 14.4. The number of rotatable bonds is 5. The number of amides is 1. The SMILES string of the molecule is CC(=O)Nc1ccc(S(=O)(=O)N2CC[C@H](Oc3ccncn3)C2)cc1. The lowest BCUT2D eigenvalue weighted by molar-refractivity contribution is -0.114. The molecule has 1 aliphatic rings. The number of aromatic nitrogens is 2. The standard InChI is InChI=1S/C16H18N4O4S/c1-12(21)19-13-2-4-15(5-3-13)25(22,23)20-9-7-14(10-20)24-16-6-8-17-11-18-16/h2-6,8,11,14H,7,9-10H2,1H3,(H,19,21)/t14-/m0/s1. The maximum atomic E-state index is 12.7. The van der Waals surface area contributed by atoms with Gasteiger partial charge in [-0.15, -0.1) is 0 Å². The van der Waals surface area contributed by atoms with E-state index in [2.05, 4.69) is 15.3 Å². The molecule has 1 fully saturated rings. The smallest absolute Gasteiger partial charge is 0.243 e. The summed E-state index contributed by atoms with van der Waals surface area (Å²) >= 11 is 0. The van der Waals surface area contributed by atoms with Gasteiger partial charge in [-0.05, 0) is 30.7 Å². The van der Waals surface area contributed by atoms with Crippen LogP contribution in [0.4, 0.5) is 5.69 Å². The molecule has 2 aromatic rings. The minimum atomic E-state index is -3.60. The molecule has 8 nitrogen and oxygen atoms in total. The van der Waals surface area contributed by atoms with E-state index in [1.807, 2.05) is 0 Å². The van der Waals surface area contributed by atoms with Crippen molar-refractivity contribution in [3.63, 3.8) is 0 Å². The van der Waals surface area contributed by atoms with Crippen LogP contribution in [-0.2, 0) is 14.8 Å². The second-order valence-corrected chi connectivity index (χ2v) is 7.58. The first-order chi connectivity index (χ1) is 11.9. The molecule has 1 amide bonds. The fraction of sp³-hybridized carbons (Fsp3) is 0.312. The largest absolute Gasteiger partial charge is 0.473 e. The molecule has 132 valence electrons. The normalized spacial score (nSPS) is 18.0. The molecule has 0 spiro atoms. The first-order valence-corrected chi connectivity index (χ1v) is 9.19. The lowest BCUT2D eigenvalue weighted by Gasteiger charge is -2.17. The molecule has 2 heterocycles. The Bertz CT molecular complexity index is 840. The molecule has 0 unspecified atom stereocenters. The Labute approximate surface area is 145 Å². The third-order valence-electron chi connectivity index (χ3n) is 3.76. The molecule has 1 aromatic carbocycles. The molecule has 0 bridgehead atoms. The van der Waals surface area contributed by atoms with Crippen LogP contribution in [0, 0.1) is 0 Å². The topological polar surface area (TPSA) is 101 Å². The van der Waals surface area contributed by atoms with Gasteiger partial charge in [0.05, 0.1) is 11.4 Å². The van der Waals surface area contributed by atoms with Gasteiger partial charge in [0.1, 0.15) is 12.4 Å². The third-order valence-corrected chi connectivity index (χ3v) is 5.64. The van der Waals surface area contributed by atoms with Crippen LogP contribution in [-0.4, -0.2) is 47.8 Å². The van der Waals surface area contributed by atoms with Crippen LogP contribution >= 0.6 is 0 Å². The summed E-state index contributed by atoms with van der Waals surface area (Å²) in [5, 5.41) is 2.61. The summed E-state index contributed by atoms with van der Waals surface area (Å²) in [5.41, 5.74) is 0.554. The molecule has 1 aromatic heterocycles. The zero-order valence-electron chi connectivity index (χ0n) is 13.6. The number of sulfonamides is 1. The molecular weight excluding hydrogens is 344 g/mol. The van der Waals surface area contributed by atoms with E-state index < -0.39 is 10.0 Å². The number of hydrogen-bond acceptors (Lipinski definition) is 6. The number of nitrogens with one attached hydrogen (secondary N) is 1. The van der Waals surface area contributed by atoms with Crippen molar-refractivity contribution < 1.29 is 17.9 Å². The minimum absolute atomic E-state index is 0.185. The number of nitrogens with zero attached hydrogens (tertiary/aromatic N) is 3. The number of carbonyl (C=O) groups is 1. The molecule has 1 aliphatic heterocycles. The molecule has 1 saturated heterocycles. The Hall–Kier alpha value is -2.52. The van der Waals surface area contributed by atoms with Crippen molar-refractivity contribution in [2.75, 3.05) is 18.4 Å². The fourth-order valence-electron chi connectivity index (χ4n) is 2.59. The van der Waals surface area contributed by atoms with E-state index in [9.17, 15) is 13.2 Å². The highest BCUT2D eigenvalue weighted by Gasteiger charge is 2.33. The minimum Gasteiger partial charge on any atom is -0.473 e. The molecule has 3 rings (SSSR count). The van der Waals surface area contributed by atoms with Crippen LogP contribution in [0.25, 0.3) is 0 Å². The zero-order chi connectivity index (χ0) is 17.9. The second-order valence-electron chi connectivity index (χ2n) is 5.64. The van der Waals surface area contributed by atoms with Gasteiger partial charge < -0.3 is 10.1 Å². The molecule has 1 N–H and O–H groups in total. The van der Waals surface area contributed by atoms with Gasteiger partial charge in [0.25, 0.3) is 0 Å². The van der Waals surface area contributed by atoms with Crippen LogP contribution in [0.3, 0.4) is 0 Å². The van der Waals surface area contributed by atoms with Gasteiger partial charge >= 0.3 is 0 Å². The first kappa shape index (κ1) is 17.3. The average Bonchev–Trinajstić information content (AvgIpc) is 3.05. The third kappa shape index (κ3) is 4.12. The fourth-order valence-corrected chi connectivity index (χ4v) is 4.08. The van der Waals surface area contributed by atoms with Crippen LogP contribution in [0.1, 0.15) is 13.3 Å². The monoisotopic (exact) mass is 362 g/mol. The van der Waals surface area contributed by atoms with E-state index in [4.69, 9.17) is 4.74 Å². The Morgan fingerprint density at radius 3 is 2.68 bits per heavy atom. The molecular formula is C16H18N4O4S. The van der Waals surface area contributed by atoms with E-state index in [-0.39, 0.29) is 23.5 Å². The lowest BCUT2D eigenvalue weighted by Crippen LogP contribution is -2.31. The van der Waals surface area contributed by atoms with Crippen molar-refractivity contribution in [3.05, 3.63) is 42.9 Å². The highest BCUT2D eigenvalue weighted by Crippen LogP contribution is 2.24. The number of anilines is 1. The van der Waals surface area contributed by atoms with Crippen molar-refractivity contribution in [1.29, 1.82) is 0 Å². The summed E-state index contributed by atoms with van der Waals surface area (Å²) in [5.74, 6) is 0.221. The Kier molecular flexibility index (Phi) is 4.95. The lowest BCUT2D eigenvalue weighted by atomic mass is 10.3. The first-order valence-electron chi connectivity index (χ1n) is 7.75. The summed E-state index contributed by atoms with van der Waals surface area (Å²) < 4.78 is 32.5. The molecule has 1 atom stereocenters. The summed E-state index contributed by atoms with van der Waals surface area (Å²) in [6.07, 6.45) is 3.30. The van der Waals surface area contributed by atoms with Gasteiger partial charge in [-0.2, -0.15) is 4.31 Å². The van der Waals surface area contributed by atoms with Crippen molar-refractivity contribution in [3.8, 4) is 5.88 Å².